The highest BCUT2D eigenvalue weighted by molar-refractivity contribution is 5.26. The molecule has 0 unspecified atom stereocenters. The Balaban J connectivity index is 1.98. The highest BCUT2D eigenvalue weighted by Gasteiger charge is 2.26. The Morgan fingerprint density at radius 3 is 2.56 bits per heavy atom. The number of aromatic hydroxyl groups is 1. The molecule has 1 fully saturated rings. The van der Waals surface area contributed by atoms with Gasteiger partial charge in [0.15, 0.2) is 0 Å². The number of hydrogen-bond donors (Lipinski definition) is 1. The van der Waals surface area contributed by atoms with Gasteiger partial charge in [0.2, 0.25) is 0 Å². The summed E-state index contributed by atoms with van der Waals surface area (Å²) in [5.74, 6) is 1.56. The van der Waals surface area contributed by atoms with E-state index in [1.165, 1.54) is 24.8 Å². The van der Waals surface area contributed by atoms with E-state index in [0.29, 0.717) is 24.0 Å². The second-order valence-electron chi connectivity index (χ2n) is 4.68. The molecule has 1 aliphatic carbocycles. The second kappa shape index (κ2) is 5.03. The summed E-state index contributed by atoms with van der Waals surface area (Å²) < 4.78 is 0. The van der Waals surface area contributed by atoms with Crippen LogP contribution < -0.4 is 0 Å². The van der Waals surface area contributed by atoms with Crippen molar-refractivity contribution >= 4 is 0 Å². The van der Waals surface area contributed by atoms with Crippen LogP contribution in [-0.4, -0.2) is 5.11 Å². The first-order valence-corrected chi connectivity index (χ1v) is 5.94. The zero-order chi connectivity index (χ0) is 11.4. The van der Waals surface area contributed by atoms with Crippen LogP contribution in [0.25, 0.3) is 0 Å². The lowest BCUT2D eigenvalue weighted by molar-refractivity contribution is 0.392. The summed E-state index contributed by atoms with van der Waals surface area (Å²) >= 11 is 0. The number of benzene rings is 1. The molecule has 0 bridgehead atoms. The van der Waals surface area contributed by atoms with Crippen molar-refractivity contribution in [2.75, 3.05) is 0 Å². The van der Waals surface area contributed by atoms with E-state index in [0.717, 1.165) is 6.42 Å². The number of hydrogen-bond acceptors (Lipinski definition) is 2. The van der Waals surface area contributed by atoms with E-state index in [1.807, 2.05) is 12.1 Å². The fourth-order valence-corrected chi connectivity index (χ4v) is 2.70. The molecule has 0 amide bonds. The van der Waals surface area contributed by atoms with Gasteiger partial charge >= 0.3 is 0 Å². The SMILES string of the molecule is N#CC[C@@H]1CCC[C@@H]1Cc1ccc(O)cc1. The molecule has 2 nitrogen and oxygen atoms in total. The van der Waals surface area contributed by atoms with Crippen LogP contribution in [0.4, 0.5) is 0 Å². The van der Waals surface area contributed by atoms with Crippen LogP contribution in [0.2, 0.25) is 0 Å². The molecular weight excluding hydrogens is 198 g/mol. The van der Waals surface area contributed by atoms with Crippen molar-refractivity contribution in [3.63, 3.8) is 0 Å². The van der Waals surface area contributed by atoms with E-state index in [9.17, 15) is 5.11 Å². The number of phenols is 1. The molecule has 2 atom stereocenters. The van der Waals surface area contributed by atoms with Crippen LogP contribution in [0.5, 0.6) is 5.75 Å². The zero-order valence-corrected chi connectivity index (χ0v) is 9.39. The first-order valence-electron chi connectivity index (χ1n) is 5.94. The Morgan fingerprint density at radius 1 is 1.19 bits per heavy atom. The largest absolute Gasteiger partial charge is 0.508 e. The normalized spacial score (nSPS) is 24.2. The maximum atomic E-state index is 9.21. The van der Waals surface area contributed by atoms with Crippen molar-refractivity contribution in [2.24, 2.45) is 11.8 Å². The maximum absolute atomic E-state index is 9.21. The molecule has 1 aliphatic rings. The molecule has 0 heterocycles. The van der Waals surface area contributed by atoms with Gasteiger partial charge in [0, 0.05) is 6.42 Å². The Kier molecular flexibility index (Phi) is 3.46. The lowest BCUT2D eigenvalue weighted by atomic mass is 9.88. The monoisotopic (exact) mass is 215 g/mol. The summed E-state index contributed by atoms with van der Waals surface area (Å²) in [6, 6.07) is 9.74. The molecule has 0 radical (unpaired) electrons. The molecule has 2 rings (SSSR count). The predicted molar refractivity (Wildman–Crippen MR) is 62.9 cm³/mol. The quantitative estimate of drug-likeness (QED) is 0.841. The fraction of sp³-hybridized carbons (Fsp3) is 0.500. The molecular formula is C14H17NO. The molecule has 1 N–H and O–H groups in total. The van der Waals surface area contributed by atoms with Gasteiger partial charge < -0.3 is 5.11 Å². The smallest absolute Gasteiger partial charge is 0.115 e. The van der Waals surface area contributed by atoms with Crippen LogP contribution in [0.15, 0.2) is 24.3 Å². The molecule has 0 aliphatic heterocycles. The van der Waals surface area contributed by atoms with E-state index in [2.05, 4.69) is 6.07 Å². The summed E-state index contributed by atoms with van der Waals surface area (Å²) in [6.07, 6.45) is 5.45. The van der Waals surface area contributed by atoms with Gasteiger partial charge in [0.05, 0.1) is 6.07 Å². The summed E-state index contributed by atoms with van der Waals surface area (Å²) in [4.78, 5) is 0. The zero-order valence-electron chi connectivity index (χ0n) is 9.39. The summed E-state index contributed by atoms with van der Waals surface area (Å²) in [6.45, 7) is 0. The molecule has 84 valence electrons. The van der Waals surface area contributed by atoms with Crippen LogP contribution in [0.1, 0.15) is 31.2 Å². The number of nitrogens with zero attached hydrogens (tertiary/aromatic N) is 1. The lowest BCUT2D eigenvalue weighted by Gasteiger charge is -2.16. The first-order chi connectivity index (χ1) is 7.79. The highest BCUT2D eigenvalue weighted by atomic mass is 16.3. The third-order valence-electron chi connectivity index (χ3n) is 3.60. The maximum Gasteiger partial charge on any atom is 0.115 e. The number of rotatable bonds is 3. The van der Waals surface area contributed by atoms with Crippen molar-refractivity contribution in [3.05, 3.63) is 29.8 Å². The number of nitriles is 1. The summed E-state index contributed by atoms with van der Waals surface area (Å²) in [5.41, 5.74) is 1.27. The first kappa shape index (κ1) is 11.0. The fourth-order valence-electron chi connectivity index (χ4n) is 2.70. The van der Waals surface area contributed by atoms with E-state index >= 15 is 0 Å². The van der Waals surface area contributed by atoms with Gasteiger partial charge in [-0.3, -0.25) is 0 Å². The van der Waals surface area contributed by atoms with Gasteiger partial charge in [0.1, 0.15) is 5.75 Å². The predicted octanol–water partition coefficient (Wildman–Crippen LogP) is 3.26. The Labute approximate surface area is 96.5 Å². The topological polar surface area (TPSA) is 44.0 Å². The van der Waals surface area contributed by atoms with Crippen molar-refractivity contribution in [2.45, 2.75) is 32.1 Å². The summed E-state index contributed by atoms with van der Waals surface area (Å²) in [7, 11) is 0. The average molecular weight is 215 g/mol. The van der Waals surface area contributed by atoms with Crippen LogP contribution in [0, 0.1) is 23.2 Å². The molecule has 0 saturated heterocycles. The molecule has 1 saturated carbocycles. The van der Waals surface area contributed by atoms with Gasteiger partial charge in [-0.25, -0.2) is 0 Å². The molecule has 0 spiro atoms. The Morgan fingerprint density at radius 2 is 1.88 bits per heavy atom. The van der Waals surface area contributed by atoms with Gasteiger partial charge in [-0.2, -0.15) is 5.26 Å². The van der Waals surface area contributed by atoms with Crippen LogP contribution in [-0.2, 0) is 6.42 Å². The second-order valence-corrected chi connectivity index (χ2v) is 4.68. The minimum absolute atomic E-state index is 0.323. The van der Waals surface area contributed by atoms with E-state index < -0.39 is 0 Å². The third-order valence-corrected chi connectivity index (χ3v) is 3.60. The Bertz CT molecular complexity index is 377. The number of phenolic OH excluding ortho intramolecular Hbond substituents is 1. The third kappa shape index (κ3) is 2.55. The van der Waals surface area contributed by atoms with E-state index in [4.69, 9.17) is 5.26 Å². The summed E-state index contributed by atoms with van der Waals surface area (Å²) in [5, 5.41) is 18.0. The minimum Gasteiger partial charge on any atom is -0.508 e. The highest BCUT2D eigenvalue weighted by Crippen LogP contribution is 2.36. The standard InChI is InChI=1S/C14H17NO/c15-9-8-12-2-1-3-13(12)10-11-4-6-14(16)7-5-11/h4-7,12-13,16H,1-3,8,10H2/t12-,13+/m0/s1. The molecule has 1 aromatic carbocycles. The van der Waals surface area contributed by atoms with Gasteiger partial charge in [-0.1, -0.05) is 18.6 Å². The van der Waals surface area contributed by atoms with Gasteiger partial charge in [0.25, 0.3) is 0 Å². The van der Waals surface area contributed by atoms with Crippen molar-refractivity contribution in [1.29, 1.82) is 5.26 Å². The van der Waals surface area contributed by atoms with Gasteiger partial charge in [-0.05, 0) is 48.8 Å². The molecule has 1 aromatic rings. The van der Waals surface area contributed by atoms with Crippen molar-refractivity contribution in [3.8, 4) is 11.8 Å². The van der Waals surface area contributed by atoms with Crippen LogP contribution in [0.3, 0.4) is 0 Å². The van der Waals surface area contributed by atoms with Crippen molar-refractivity contribution < 1.29 is 5.11 Å². The van der Waals surface area contributed by atoms with E-state index in [1.54, 1.807) is 12.1 Å². The van der Waals surface area contributed by atoms with Crippen molar-refractivity contribution in [1.82, 2.24) is 0 Å². The molecule has 16 heavy (non-hydrogen) atoms. The average Bonchev–Trinajstić information content (AvgIpc) is 2.70. The van der Waals surface area contributed by atoms with Crippen LogP contribution >= 0.6 is 0 Å². The molecule has 0 aromatic heterocycles. The van der Waals surface area contributed by atoms with E-state index in [-0.39, 0.29) is 0 Å². The van der Waals surface area contributed by atoms with Gasteiger partial charge in [-0.15, -0.1) is 0 Å². The minimum atomic E-state index is 0.323. The molecule has 2 heteroatoms. The Hall–Kier alpha value is -1.49. The lowest BCUT2D eigenvalue weighted by Crippen LogP contribution is -2.10.